The molecule has 0 saturated heterocycles. The third kappa shape index (κ3) is 3.82. The molecule has 1 aromatic rings. The summed E-state index contributed by atoms with van der Waals surface area (Å²) < 4.78 is 5.82. The van der Waals surface area contributed by atoms with Crippen molar-refractivity contribution in [2.45, 2.75) is 53.0 Å². The summed E-state index contributed by atoms with van der Waals surface area (Å²) in [5.74, 6) is 1.58. The monoisotopic (exact) mass is 295 g/mol. The summed E-state index contributed by atoms with van der Waals surface area (Å²) in [4.78, 5) is 0. The highest BCUT2D eigenvalue weighted by Crippen LogP contribution is 2.43. The molecule has 0 aromatic heterocycles. The van der Waals surface area contributed by atoms with Crippen LogP contribution < -0.4 is 10.1 Å². The van der Waals surface area contributed by atoms with E-state index in [0.29, 0.717) is 17.4 Å². The highest BCUT2D eigenvalue weighted by Gasteiger charge is 2.36. The molecular formula is C17H26ClNO. The van der Waals surface area contributed by atoms with Crippen molar-refractivity contribution in [1.29, 1.82) is 0 Å². The van der Waals surface area contributed by atoms with E-state index in [0.717, 1.165) is 29.5 Å². The Kier molecular flexibility index (Phi) is 4.85. The maximum atomic E-state index is 6.13. The zero-order chi connectivity index (χ0) is 14.8. The summed E-state index contributed by atoms with van der Waals surface area (Å²) in [6.07, 6.45) is 3.46. The SMILES string of the molecule is CCCOc1ccc(Cl)cc1NC1CC(C)(C)CC1C. The molecule has 0 amide bonds. The summed E-state index contributed by atoms with van der Waals surface area (Å²) in [5, 5.41) is 4.41. The van der Waals surface area contributed by atoms with E-state index in [-0.39, 0.29) is 0 Å². The fraction of sp³-hybridized carbons (Fsp3) is 0.647. The largest absolute Gasteiger partial charge is 0.491 e. The summed E-state index contributed by atoms with van der Waals surface area (Å²) in [6, 6.07) is 6.32. The first-order chi connectivity index (χ1) is 9.41. The Morgan fingerprint density at radius 1 is 1.35 bits per heavy atom. The lowest BCUT2D eigenvalue weighted by atomic mass is 9.91. The van der Waals surface area contributed by atoms with Crippen LogP contribution in [0.25, 0.3) is 0 Å². The van der Waals surface area contributed by atoms with E-state index in [4.69, 9.17) is 16.3 Å². The van der Waals surface area contributed by atoms with Crippen molar-refractivity contribution in [3.63, 3.8) is 0 Å². The standard InChI is InChI=1S/C17H26ClNO/c1-5-8-20-16-7-6-13(18)9-14(16)19-15-11-17(3,4)10-12(15)2/h6-7,9,12,15,19H,5,8,10-11H2,1-4H3. The molecule has 1 fully saturated rings. The molecule has 1 aliphatic rings. The van der Waals surface area contributed by atoms with Gasteiger partial charge in [-0.15, -0.1) is 0 Å². The molecule has 0 spiro atoms. The van der Waals surface area contributed by atoms with E-state index in [9.17, 15) is 0 Å². The zero-order valence-corrected chi connectivity index (χ0v) is 13.8. The number of nitrogens with one attached hydrogen (secondary N) is 1. The highest BCUT2D eigenvalue weighted by atomic mass is 35.5. The number of benzene rings is 1. The van der Waals surface area contributed by atoms with Crippen molar-refractivity contribution < 1.29 is 4.74 Å². The lowest BCUT2D eigenvalue weighted by Gasteiger charge is -2.22. The second-order valence-corrected chi connectivity index (χ2v) is 7.23. The number of rotatable bonds is 5. The van der Waals surface area contributed by atoms with Gasteiger partial charge >= 0.3 is 0 Å². The molecule has 2 rings (SSSR count). The Bertz CT molecular complexity index is 458. The van der Waals surface area contributed by atoms with Gasteiger partial charge in [0, 0.05) is 11.1 Å². The van der Waals surface area contributed by atoms with Gasteiger partial charge in [0.2, 0.25) is 0 Å². The van der Waals surface area contributed by atoms with Crippen LogP contribution in [-0.4, -0.2) is 12.6 Å². The summed E-state index contributed by atoms with van der Waals surface area (Å²) in [6.45, 7) is 9.87. The second-order valence-electron chi connectivity index (χ2n) is 6.79. The van der Waals surface area contributed by atoms with Crippen molar-refractivity contribution in [1.82, 2.24) is 0 Å². The van der Waals surface area contributed by atoms with Crippen LogP contribution in [0.4, 0.5) is 5.69 Å². The smallest absolute Gasteiger partial charge is 0.142 e. The van der Waals surface area contributed by atoms with Gasteiger partial charge in [0.1, 0.15) is 5.75 Å². The average Bonchev–Trinajstić information content (AvgIpc) is 2.61. The molecule has 3 heteroatoms. The van der Waals surface area contributed by atoms with Crippen LogP contribution in [-0.2, 0) is 0 Å². The fourth-order valence-corrected chi connectivity index (χ4v) is 3.41. The van der Waals surface area contributed by atoms with Crippen LogP contribution in [0.3, 0.4) is 0 Å². The third-order valence-electron chi connectivity index (χ3n) is 4.08. The van der Waals surface area contributed by atoms with Gasteiger partial charge in [0.05, 0.1) is 12.3 Å². The summed E-state index contributed by atoms with van der Waals surface area (Å²) in [7, 11) is 0. The zero-order valence-electron chi connectivity index (χ0n) is 13.0. The van der Waals surface area contributed by atoms with Crippen LogP contribution >= 0.6 is 11.6 Å². The van der Waals surface area contributed by atoms with Gasteiger partial charge in [-0.1, -0.05) is 39.3 Å². The number of anilines is 1. The predicted molar refractivity (Wildman–Crippen MR) is 86.8 cm³/mol. The molecule has 0 bridgehead atoms. The molecule has 0 radical (unpaired) electrons. The predicted octanol–water partition coefficient (Wildman–Crippen LogP) is 5.37. The van der Waals surface area contributed by atoms with Gasteiger partial charge in [-0.2, -0.15) is 0 Å². The molecule has 112 valence electrons. The second kappa shape index (κ2) is 6.26. The molecule has 2 unspecified atom stereocenters. The summed E-state index contributed by atoms with van der Waals surface area (Å²) in [5.41, 5.74) is 1.45. The quantitative estimate of drug-likeness (QED) is 0.789. The average molecular weight is 296 g/mol. The van der Waals surface area contributed by atoms with E-state index in [1.807, 2.05) is 18.2 Å². The minimum Gasteiger partial charge on any atom is -0.491 e. The molecule has 1 aromatic carbocycles. The number of hydrogen-bond donors (Lipinski definition) is 1. The van der Waals surface area contributed by atoms with E-state index < -0.39 is 0 Å². The minimum absolute atomic E-state index is 0.417. The van der Waals surface area contributed by atoms with E-state index in [2.05, 4.69) is 33.0 Å². The van der Waals surface area contributed by atoms with E-state index in [1.165, 1.54) is 12.8 Å². The number of halogens is 1. The molecule has 0 heterocycles. The normalized spacial score (nSPS) is 24.6. The van der Waals surface area contributed by atoms with Crippen LogP contribution in [0.5, 0.6) is 5.75 Å². The van der Waals surface area contributed by atoms with Crippen LogP contribution in [0.15, 0.2) is 18.2 Å². The van der Waals surface area contributed by atoms with Crippen LogP contribution in [0.2, 0.25) is 5.02 Å². The highest BCUT2D eigenvalue weighted by molar-refractivity contribution is 6.30. The minimum atomic E-state index is 0.417. The third-order valence-corrected chi connectivity index (χ3v) is 4.31. The number of hydrogen-bond acceptors (Lipinski definition) is 2. The van der Waals surface area contributed by atoms with Crippen molar-refractivity contribution in [2.24, 2.45) is 11.3 Å². The molecule has 1 N–H and O–H groups in total. The first-order valence-electron chi connectivity index (χ1n) is 7.60. The maximum absolute atomic E-state index is 6.13. The van der Waals surface area contributed by atoms with E-state index in [1.54, 1.807) is 0 Å². The van der Waals surface area contributed by atoms with E-state index >= 15 is 0 Å². The van der Waals surface area contributed by atoms with Crippen molar-refractivity contribution in [2.75, 3.05) is 11.9 Å². The molecule has 1 saturated carbocycles. The summed E-state index contributed by atoms with van der Waals surface area (Å²) >= 11 is 6.13. The van der Waals surface area contributed by atoms with Crippen molar-refractivity contribution >= 4 is 17.3 Å². The Hall–Kier alpha value is -0.890. The fourth-order valence-electron chi connectivity index (χ4n) is 3.24. The van der Waals surface area contributed by atoms with Gasteiger partial charge in [-0.3, -0.25) is 0 Å². The molecule has 1 aliphatic carbocycles. The maximum Gasteiger partial charge on any atom is 0.142 e. The van der Waals surface area contributed by atoms with Gasteiger partial charge in [0.15, 0.2) is 0 Å². The van der Waals surface area contributed by atoms with Crippen molar-refractivity contribution in [3.8, 4) is 5.75 Å². The van der Waals surface area contributed by atoms with Gasteiger partial charge in [-0.25, -0.2) is 0 Å². The lowest BCUT2D eigenvalue weighted by molar-refractivity contribution is 0.318. The Labute approximate surface area is 127 Å². The first-order valence-corrected chi connectivity index (χ1v) is 7.98. The molecule has 0 aliphatic heterocycles. The van der Waals surface area contributed by atoms with Crippen LogP contribution in [0.1, 0.15) is 47.0 Å². The molecule has 2 nitrogen and oxygen atoms in total. The number of ether oxygens (including phenoxy) is 1. The van der Waals surface area contributed by atoms with Gasteiger partial charge < -0.3 is 10.1 Å². The Morgan fingerprint density at radius 3 is 2.70 bits per heavy atom. The molecule has 20 heavy (non-hydrogen) atoms. The molecular weight excluding hydrogens is 270 g/mol. The van der Waals surface area contributed by atoms with Crippen molar-refractivity contribution in [3.05, 3.63) is 23.2 Å². The first kappa shape index (κ1) is 15.5. The lowest BCUT2D eigenvalue weighted by Crippen LogP contribution is -2.23. The van der Waals surface area contributed by atoms with Gasteiger partial charge in [-0.05, 0) is 48.8 Å². The topological polar surface area (TPSA) is 21.3 Å². The Morgan fingerprint density at radius 2 is 2.10 bits per heavy atom. The Balaban J connectivity index is 2.13. The van der Waals surface area contributed by atoms with Crippen LogP contribution in [0, 0.1) is 11.3 Å². The van der Waals surface area contributed by atoms with Gasteiger partial charge in [0.25, 0.3) is 0 Å². The molecule has 2 atom stereocenters.